The second-order valence-corrected chi connectivity index (χ2v) is 5.60. The van der Waals surface area contributed by atoms with E-state index in [0.717, 1.165) is 41.5 Å². The summed E-state index contributed by atoms with van der Waals surface area (Å²) in [6, 6.07) is 8.04. The molecule has 3 N–H and O–H groups in total. The molecule has 0 spiro atoms. The lowest BCUT2D eigenvalue weighted by Crippen LogP contribution is -2.43. The van der Waals surface area contributed by atoms with Gasteiger partial charge in [-0.15, -0.1) is 0 Å². The molecule has 0 amide bonds. The number of pyridine rings is 1. The molecule has 0 saturated heterocycles. The molecule has 1 heterocycles. The molecule has 2 aromatic rings. The summed E-state index contributed by atoms with van der Waals surface area (Å²) in [4.78, 5) is 6.45. The normalized spacial score (nSPS) is 22.9. The van der Waals surface area contributed by atoms with Crippen LogP contribution in [0.2, 0.25) is 0 Å². The first kappa shape index (κ1) is 13.2. The predicted octanol–water partition coefficient (Wildman–Crippen LogP) is 2.56. The molecular formula is C16H21N3O. The van der Waals surface area contributed by atoms with Gasteiger partial charge in [-0.25, -0.2) is 0 Å². The molecule has 1 aliphatic carbocycles. The van der Waals surface area contributed by atoms with E-state index in [2.05, 4.69) is 9.88 Å². The Balaban J connectivity index is 1.98. The van der Waals surface area contributed by atoms with Crippen LogP contribution in [-0.4, -0.2) is 29.3 Å². The lowest BCUT2D eigenvalue weighted by Gasteiger charge is -2.37. The summed E-state index contributed by atoms with van der Waals surface area (Å²) in [5, 5.41) is 11.2. The van der Waals surface area contributed by atoms with Gasteiger partial charge in [0.25, 0.3) is 0 Å². The highest BCUT2D eigenvalue weighted by Gasteiger charge is 2.27. The largest absolute Gasteiger partial charge is 0.396 e. The van der Waals surface area contributed by atoms with E-state index in [0.29, 0.717) is 0 Å². The molecule has 2 unspecified atom stereocenters. The van der Waals surface area contributed by atoms with E-state index in [-0.39, 0.29) is 12.1 Å². The van der Waals surface area contributed by atoms with Crippen LogP contribution in [0, 0.1) is 0 Å². The summed E-state index contributed by atoms with van der Waals surface area (Å²) in [5.41, 5.74) is 8.95. The van der Waals surface area contributed by atoms with Crippen LogP contribution in [0.1, 0.15) is 25.7 Å². The smallest absolute Gasteiger partial charge is 0.0743 e. The van der Waals surface area contributed by atoms with Crippen molar-refractivity contribution in [3.8, 4) is 0 Å². The molecule has 3 rings (SSSR count). The first-order valence-electron chi connectivity index (χ1n) is 7.22. The van der Waals surface area contributed by atoms with Crippen molar-refractivity contribution in [2.24, 2.45) is 0 Å². The fourth-order valence-electron chi connectivity index (χ4n) is 3.19. The van der Waals surface area contributed by atoms with Gasteiger partial charge in [-0.2, -0.15) is 0 Å². The number of aromatic nitrogens is 1. The summed E-state index contributed by atoms with van der Waals surface area (Å²) in [5.74, 6) is 0. The average molecular weight is 271 g/mol. The molecule has 106 valence electrons. The van der Waals surface area contributed by atoms with Gasteiger partial charge in [0.2, 0.25) is 0 Å². The Hall–Kier alpha value is -1.81. The molecule has 0 bridgehead atoms. The van der Waals surface area contributed by atoms with Crippen LogP contribution in [0.4, 0.5) is 11.4 Å². The second-order valence-electron chi connectivity index (χ2n) is 5.60. The lowest BCUT2D eigenvalue weighted by atomic mass is 9.91. The zero-order chi connectivity index (χ0) is 14.1. The minimum Gasteiger partial charge on any atom is -0.396 e. The minimum absolute atomic E-state index is 0.153. The van der Waals surface area contributed by atoms with Crippen molar-refractivity contribution in [1.82, 2.24) is 4.98 Å². The first-order chi connectivity index (χ1) is 9.68. The number of rotatable bonds is 2. The predicted molar refractivity (Wildman–Crippen MR) is 82.8 cm³/mol. The quantitative estimate of drug-likeness (QED) is 0.824. The third kappa shape index (κ3) is 2.20. The van der Waals surface area contributed by atoms with Gasteiger partial charge in [0, 0.05) is 18.6 Å². The van der Waals surface area contributed by atoms with Gasteiger partial charge in [-0.05, 0) is 37.1 Å². The number of nitrogen functional groups attached to an aromatic ring is 1. The summed E-state index contributed by atoms with van der Waals surface area (Å²) < 4.78 is 0. The second kappa shape index (κ2) is 5.29. The van der Waals surface area contributed by atoms with Crippen molar-refractivity contribution in [3.05, 3.63) is 30.5 Å². The third-order valence-electron chi connectivity index (χ3n) is 4.38. The number of anilines is 2. The maximum Gasteiger partial charge on any atom is 0.0743 e. The molecule has 1 saturated carbocycles. The summed E-state index contributed by atoms with van der Waals surface area (Å²) in [6.45, 7) is 0. The summed E-state index contributed by atoms with van der Waals surface area (Å²) in [7, 11) is 2.02. The number of aliphatic hydroxyl groups excluding tert-OH is 1. The van der Waals surface area contributed by atoms with Crippen molar-refractivity contribution in [3.63, 3.8) is 0 Å². The fraction of sp³-hybridized carbons (Fsp3) is 0.438. The van der Waals surface area contributed by atoms with Gasteiger partial charge in [0.05, 0.1) is 29.0 Å². The van der Waals surface area contributed by atoms with Crippen LogP contribution in [0.3, 0.4) is 0 Å². The van der Waals surface area contributed by atoms with E-state index in [1.54, 1.807) is 6.20 Å². The number of aliphatic hydroxyl groups is 1. The number of nitrogens with two attached hydrogens (primary N) is 1. The molecule has 20 heavy (non-hydrogen) atoms. The van der Waals surface area contributed by atoms with Crippen molar-refractivity contribution < 1.29 is 5.11 Å². The van der Waals surface area contributed by atoms with E-state index in [1.165, 1.54) is 6.42 Å². The van der Waals surface area contributed by atoms with Crippen molar-refractivity contribution >= 4 is 22.3 Å². The van der Waals surface area contributed by atoms with Gasteiger partial charge in [0.15, 0.2) is 0 Å². The number of hydrogen-bond acceptors (Lipinski definition) is 4. The fourth-order valence-corrected chi connectivity index (χ4v) is 3.19. The van der Waals surface area contributed by atoms with Crippen LogP contribution in [0.25, 0.3) is 10.9 Å². The van der Waals surface area contributed by atoms with Gasteiger partial charge in [-0.1, -0.05) is 12.8 Å². The maximum absolute atomic E-state index is 10.2. The van der Waals surface area contributed by atoms with Crippen LogP contribution >= 0.6 is 0 Å². The molecule has 0 radical (unpaired) electrons. The first-order valence-corrected chi connectivity index (χ1v) is 7.22. The minimum atomic E-state index is -0.266. The highest BCUT2D eigenvalue weighted by atomic mass is 16.3. The van der Waals surface area contributed by atoms with Crippen molar-refractivity contribution in [1.29, 1.82) is 0 Å². The standard InChI is InChI=1S/C16H21N3O/c1-19(13-6-2-3-7-15(13)20)14-9-8-12-11(16(14)17)5-4-10-18-12/h4-5,8-10,13,15,20H,2-3,6-7,17H2,1H3. The van der Waals surface area contributed by atoms with Gasteiger partial charge in [0.1, 0.15) is 0 Å². The van der Waals surface area contributed by atoms with Gasteiger partial charge < -0.3 is 15.7 Å². The number of nitrogens with zero attached hydrogens (tertiary/aromatic N) is 2. The van der Waals surface area contributed by atoms with Crippen molar-refractivity contribution in [2.75, 3.05) is 17.7 Å². The van der Waals surface area contributed by atoms with Crippen LogP contribution in [0.5, 0.6) is 0 Å². The maximum atomic E-state index is 10.2. The average Bonchev–Trinajstić information content (AvgIpc) is 2.48. The Kier molecular flexibility index (Phi) is 3.49. The molecular weight excluding hydrogens is 250 g/mol. The molecule has 4 heteroatoms. The van der Waals surface area contributed by atoms with Crippen molar-refractivity contribution in [2.45, 2.75) is 37.8 Å². The molecule has 4 nitrogen and oxygen atoms in total. The number of hydrogen-bond donors (Lipinski definition) is 2. The highest BCUT2D eigenvalue weighted by molar-refractivity contribution is 5.97. The number of fused-ring (bicyclic) bond motifs is 1. The molecule has 1 fully saturated rings. The van der Waals surface area contributed by atoms with E-state index in [9.17, 15) is 5.11 Å². The van der Waals surface area contributed by atoms with Crippen LogP contribution < -0.4 is 10.6 Å². The van der Waals surface area contributed by atoms with Crippen LogP contribution in [0.15, 0.2) is 30.5 Å². The molecule has 1 aromatic heterocycles. The molecule has 2 atom stereocenters. The zero-order valence-corrected chi connectivity index (χ0v) is 11.8. The number of likely N-dealkylation sites (N-methyl/N-ethyl adjacent to an activating group) is 1. The third-order valence-corrected chi connectivity index (χ3v) is 4.38. The van der Waals surface area contributed by atoms with E-state index < -0.39 is 0 Å². The monoisotopic (exact) mass is 271 g/mol. The van der Waals surface area contributed by atoms with Gasteiger partial charge in [-0.3, -0.25) is 4.98 Å². The Morgan fingerprint density at radius 2 is 2.05 bits per heavy atom. The molecule has 1 aromatic carbocycles. The zero-order valence-electron chi connectivity index (χ0n) is 11.8. The van der Waals surface area contributed by atoms with E-state index in [4.69, 9.17) is 5.73 Å². The molecule has 1 aliphatic rings. The number of benzene rings is 1. The van der Waals surface area contributed by atoms with E-state index >= 15 is 0 Å². The Morgan fingerprint density at radius 3 is 2.85 bits per heavy atom. The SMILES string of the molecule is CN(c1ccc2ncccc2c1N)C1CCCCC1O. The molecule has 0 aliphatic heterocycles. The van der Waals surface area contributed by atoms with Crippen LogP contribution in [-0.2, 0) is 0 Å². The highest BCUT2D eigenvalue weighted by Crippen LogP contribution is 2.33. The lowest BCUT2D eigenvalue weighted by molar-refractivity contribution is 0.106. The Morgan fingerprint density at radius 1 is 1.25 bits per heavy atom. The topological polar surface area (TPSA) is 62.4 Å². The Bertz CT molecular complexity index is 614. The summed E-state index contributed by atoms with van der Waals surface area (Å²) in [6.07, 6.45) is 5.68. The van der Waals surface area contributed by atoms with E-state index in [1.807, 2.05) is 31.3 Å². The van der Waals surface area contributed by atoms with Gasteiger partial charge >= 0.3 is 0 Å². The Labute approximate surface area is 119 Å². The summed E-state index contributed by atoms with van der Waals surface area (Å²) >= 11 is 0.